The number of benzene rings is 1. The van der Waals surface area contributed by atoms with Crippen molar-refractivity contribution in [1.82, 2.24) is 20.0 Å². The van der Waals surface area contributed by atoms with Gasteiger partial charge in [0.15, 0.2) is 11.7 Å². The molecule has 1 aromatic heterocycles. The molecule has 3 aliphatic rings. The van der Waals surface area contributed by atoms with E-state index in [0.717, 1.165) is 11.1 Å². The average Bonchev–Trinajstić information content (AvgIpc) is 3.17. The predicted octanol–water partition coefficient (Wildman–Crippen LogP) is 1.35. The van der Waals surface area contributed by atoms with Gasteiger partial charge in [-0.25, -0.2) is 9.07 Å². The third-order valence-corrected chi connectivity index (χ3v) is 6.98. The summed E-state index contributed by atoms with van der Waals surface area (Å²) in [6.07, 6.45) is 2.17. The molecule has 10 nitrogen and oxygen atoms in total. The number of hydrogen-bond donors (Lipinski definition) is 1. The number of likely N-dealkylation sites (N-methyl/N-ethyl adjacent to an activating group) is 1. The van der Waals surface area contributed by atoms with Crippen LogP contribution in [0.4, 0.5) is 10.1 Å². The molecule has 2 atom stereocenters. The molecule has 1 aromatic carbocycles. The van der Waals surface area contributed by atoms with Gasteiger partial charge in [-0.1, -0.05) is 6.07 Å². The number of hydrogen-bond acceptors (Lipinski definition) is 7. The Balaban J connectivity index is 1.69. The Morgan fingerprint density at radius 1 is 1.17 bits per heavy atom. The Bertz CT molecular complexity index is 1310. The van der Waals surface area contributed by atoms with Crippen molar-refractivity contribution in [2.75, 3.05) is 31.1 Å². The number of ketones is 1. The van der Waals surface area contributed by atoms with Crippen LogP contribution in [0.3, 0.4) is 0 Å². The van der Waals surface area contributed by atoms with Crippen LogP contribution in [0.25, 0.3) is 0 Å². The number of ether oxygens (including phenoxy) is 1. The Morgan fingerprint density at radius 3 is 2.75 bits per heavy atom. The second-order valence-corrected chi connectivity index (χ2v) is 9.35. The summed E-state index contributed by atoms with van der Waals surface area (Å²) in [5.41, 5.74) is -0.393. The number of aromatic nitrogens is 2. The molecule has 2 aromatic rings. The monoisotopic (exact) mass is 497 g/mol. The summed E-state index contributed by atoms with van der Waals surface area (Å²) in [5.74, 6) is -1.75. The first-order chi connectivity index (χ1) is 17.3. The largest absolute Gasteiger partial charge is 0.493 e. The number of amides is 2. The van der Waals surface area contributed by atoms with Gasteiger partial charge in [0.2, 0.25) is 5.78 Å². The molecule has 2 bridgehead atoms. The molecule has 1 saturated heterocycles. The van der Waals surface area contributed by atoms with Crippen molar-refractivity contribution in [2.45, 2.75) is 51.7 Å². The third kappa shape index (κ3) is 3.92. The minimum atomic E-state index is -1.20. The predicted molar refractivity (Wildman–Crippen MR) is 128 cm³/mol. The lowest BCUT2D eigenvalue weighted by atomic mass is 10.0. The van der Waals surface area contributed by atoms with Crippen molar-refractivity contribution in [2.24, 2.45) is 0 Å². The van der Waals surface area contributed by atoms with E-state index in [9.17, 15) is 23.6 Å². The van der Waals surface area contributed by atoms with Crippen LogP contribution in [-0.2, 0) is 11.3 Å². The van der Waals surface area contributed by atoms with Crippen LogP contribution in [0.2, 0.25) is 0 Å². The molecule has 0 saturated carbocycles. The van der Waals surface area contributed by atoms with Gasteiger partial charge < -0.3 is 19.9 Å². The summed E-state index contributed by atoms with van der Waals surface area (Å²) in [4.78, 5) is 56.8. The zero-order chi connectivity index (χ0) is 25.6. The number of halogens is 1. The fraction of sp³-hybridized carbons (Fsp3) is 0.480. The molecule has 190 valence electrons. The van der Waals surface area contributed by atoms with Gasteiger partial charge in [0.1, 0.15) is 17.1 Å². The standard InChI is InChI=1S/C25H28FN5O5/c1-3-29-12-14(2)31-20-18(22(32)21(31)25(29)35)24(34)30-13-15-7-8-16(26)11-17(15)36-10-6-4-5-9-27-23(33)19(20)28-30/h7-8,11,14,21H,3-6,9-10,12-13H2,1-2H3,(H,27,33)/t14-,21?/m0/s1. The van der Waals surface area contributed by atoms with Gasteiger partial charge in [0.25, 0.3) is 17.4 Å². The van der Waals surface area contributed by atoms with Gasteiger partial charge in [-0.3, -0.25) is 19.2 Å². The van der Waals surface area contributed by atoms with Crippen LogP contribution < -0.4 is 20.5 Å². The highest BCUT2D eigenvalue weighted by atomic mass is 19.1. The third-order valence-electron chi connectivity index (χ3n) is 6.98. The fourth-order valence-electron chi connectivity index (χ4n) is 5.18. The summed E-state index contributed by atoms with van der Waals surface area (Å²) in [7, 11) is 0. The molecule has 0 radical (unpaired) electrons. The van der Waals surface area contributed by atoms with Crippen LogP contribution in [0.5, 0.6) is 5.75 Å². The Hall–Kier alpha value is -3.76. The molecule has 36 heavy (non-hydrogen) atoms. The lowest BCUT2D eigenvalue weighted by Gasteiger charge is -2.42. The van der Waals surface area contributed by atoms with Crippen molar-refractivity contribution < 1.29 is 23.5 Å². The summed E-state index contributed by atoms with van der Waals surface area (Å²) in [6.45, 7) is 5.06. The smallest absolute Gasteiger partial charge is 0.280 e. The minimum absolute atomic E-state index is 0.0771. The highest BCUT2D eigenvalue weighted by Gasteiger charge is 2.52. The lowest BCUT2D eigenvalue weighted by molar-refractivity contribution is -0.133. The fourth-order valence-corrected chi connectivity index (χ4v) is 5.18. The number of carbonyl (C=O) groups is 3. The molecular weight excluding hydrogens is 469 g/mol. The van der Waals surface area contributed by atoms with Crippen LogP contribution in [0, 0.1) is 5.82 Å². The van der Waals surface area contributed by atoms with E-state index in [2.05, 4.69) is 10.4 Å². The number of piperazine rings is 1. The van der Waals surface area contributed by atoms with Gasteiger partial charge in [-0.15, -0.1) is 0 Å². The molecule has 3 aliphatic heterocycles. The van der Waals surface area contributed by atoms with E-state index in [1.165, 1.54) is 18.2 Å². The summed E-state index contributed by atoms with van der Waals surface area (Å²) < 4.78 is 20.8. The van der Waals surface area contributed by atoms with Crippen LogP contribution >= 0.6 is 0 Å². The van der Waals surface area contributed by atoms with E-state index in [0.29, 0.717) is 44.6 Å². The lowest BCUT2D eigenvalue weighted by Crippen LogP contribution is -2.61. The van der Waals surface area contributed by atoms with Gasteiger partial charge in [-0.2, -0.15) is 5.10 Å². The molecule has 0 spiro atoms. The number of Topliss-reactive ketones (excluding diaryl/α,β-unsaturated/α-hetero) is 1. The number of carbonyl (C=O) groups excluding carboxylic acids is 3. The molecule has 2 amide bonds. The van der Waals surface area contributed by atoms with E-state index in [4.69, 9.17) is 4.74 Å². The number of anilines is 1. The van der Waals surface area contributed by atoms with Crippen molar-refractivity contribution in [3.05, 3.63) is 51.2 Å². The quantitative estimate of drug-likeness (QED) is 0.592. The molecule has 1 N–H and O–H groups in total. The maximum atomic E-state index is 14.0. The van der Waals surface area contributed by atoms with E-state index in [-0.39, 0.29) is 35.3 Å². The number of fused-ring (bicyclic) bond motifs is 7. The number of rotatable bonds is 1. The topological polar surface area (TPSA) is 114 Å². The first kappa shape index (κ1) is 24.0. The van der Waals surface area contributed by atoms with Gasteiger partial charge >= 0.3 is 0 Å². The Morgan fingerprint density at radius 2 is 1.97 bits per heavy atom. The van der Waals surface area contributed by atoms with Crippen molar-refractivity contribution in [3.8, 4) is 5.75 Å². The molecule has 0 aliphatic carbocycles. The normalized spacial score (nSPS) is 22.2. The van der Waals surface area contributed by atoms with Gasteiger partial charge in [0, 0.05) is 37.3 Å². The Labute approximate surface area is 207 Å². The Kier molecular flexibility index (Phi) is 6.23. The molecule has 4 heterocycles. The number of nitrogens with one attached hydrogen (secondary N) is 1. The highest BCUT2D eigenvalue weighted by Crippen LogP contribution is 2.37. The maximum Gasteiger partial charge on any atom is 0.280 e. The molecular formula is C25H28FN5O5. The van der Waals surface area contributed by atoms with Gasteiger partial charge in [0.05, 0.1) is 18.8 Å². The first-order valence-corrected chi connectivity index (χ1v) is 12.3. The van der Waals surface area contributed by atoms with Crippen LogP contribution in [0.1, 0.15) is 59.5 Å². The summed E-state index contributed by atoms with van der Waals surface area (Å²) in [6, 6.07) is 2.49. The number of nitrogens with zero attached hydrogens (tertiary/aromatic N) is 4. The van der Waals surface area contributed by atoms with Crippen LogP contribution in [0.15, 0.2) is 23.0 Å². The summed E-state index contributed by atoms with van der Waals surface area (Å²) in [5, 5.41) is 7.22. The highest BCUT2D eigenvalue weighted by molar-refractivity contribution is 6.24. The van der Waals surface area contributed by atoms with Gasteiger partial charge in [-0.05, 0) is 39.2 Å². The zero-order valence-electron chi connectivity index (χ0n) is 20.3. The van der Waals surface area contributed by atoms with Crippen molar-refractivity contribution in [1.29, 1.82) is 0 Å². The maximum absolute atomic E-state index is 14.0. The SMILES string of the molecule is CCN1C[C@H](C)N2c3c4nn(c(=O)c3C(=O)C2C1=O)Cc1ccc(F)cc1OCCCCCNC4=O. The van der Waals surface area contributed by atoms with E-state index >= 15 is 0 Å². The second-order valence-electron chi connectivity index (χ2n) is 9.35. The molecule has 1 unspecified atom stereocenters. The molecule has 5 rings (SSSR count). The molecule has 11 heteroatoms. The average molecular weight is 498 g/mol. The minimum Gasteiger partial charge on any atom is -0.493 e. The van der Waals surface area contributed by atoms with Crippen molar-refractivity contribution in [3.63, 3.8) is 0 Å². The van der Waals surface area contributed by atoms with E-state index in [1.807, 2.05) is 13.8 Å². The summed E-state index contributed by atoms with van der Waals surface area (Å²) >= 11 is 0. The van der Waals surface area contributed by atoms with Crippen molar-refractivity contribution >= 4 is 23.3 Å². The van der Waals surface area contributed by atoms with E-state index in [1.54, 1.807) is 9.80 Å². The molecule has 1 fully saturated rings. The second kappa shape index (κ2) is 9.36. The van der Waals surface area contributed by atoms with Crippen LogP contribution in [-0.4, -0.2) is 70.6 Å². The van der Waals surface area contributed by atoms with E-state index < -0.39 is 35.0 Å². The first-order valence-electron chi connectivity index (χ1n) is 12.3. The zero-order valence-corrected chi connectivity index (χ0v) is 20.3.